The molecule has 1 aromatic heterocycles. The molecule has 0 saturated heterocycles. The normalized spacial score (nSPS) is 25.9. The van der Waals surface area contributed by atoms with Crippen LogP contribution in [0.2, 0.25) is 0 Å². The molecule has 1 aliphatic heterocycles. The lowest BCUT2D eigenvalue weighted by Crippen LogP contribution is -2.61. The van der Waals surface area contributed by atoms with Crippen molar-refractivity contribution in [3.05, 3.63) is 35.5 Å². The molecule has 7 nitrogen and oxygen atoms in total. The first kappa shape index (κ1) is 19.8. The van der Waals surface area contributed by atoms with Gasteiger partial charge >= 0.3 is 5.97 Å². The van der Waals surface area contributed by atoms with Crippen molar-refractivity contribution >= 4 is 28.6 Å². The van der Waals surface area contributed by atoms with Crippen LogP contribution < -0.4 is 5.48 Å². The van der Waals surface area contributed by atoms with Crippen LogP contribution in [0, 0.1) is 0 Å². The summed E-state index contributed by atoms with van der Waals surface area (Å²) in [5.74, 6) is -1.03. The number of hydroxylamine groups is 1. The van der Waals surface area contributed by atoms with E-state index in [2.05, 4.69) is 12.4 Å². The van der Waals surface area contributed by atoms with E-state index in [9.17, 15) is 14.4 Å². The fraction of sp³-hybridized carbons (Fsp3) is 0.500. The van der Waals surface area contributed by atoms with Crippen molar-refractivity contribution in [2.75, 3.05) is 14.2 Å². The Balaban J connectivity index is 2.15. The summed E-state index contributed by atoms with van der Waals surface area (Å²) >= 11 is 0. The van der Waals surface area contributed by atoms with Crippen LogP contribution in [0.5, 0.6) is 0 Å². The van der Waals surface area contributed by atoms with Crippen LogP contribution in [-0.4, -0.2) is 36.4 Å². The number of aromatic nitrogens is 1. The number of nitrogens with one attached hydrogen (secondary N) is 1. The van der Waals surface area contributed by atoms with Gasteiger partial charge in [-0.1, -0.05) is 38.0 Å². The fourth-order valence-electron chi connectivity index (χ4n) is 5.23. The van der Waals surface area contributed by atoms with Crippen molar-refractivity contribution in [1.29, 1.82) is 0 Å². The molecule has 0 radical (unpaired) electrons. The Kier molecular flexibility index (Phi) is 4.83. The van der Waals surface area contributed by atoms with Gasteiger partial charge in [-0.05, 0) is 18.9 Å². The third-order valence-corrected chi connectivity index (χ3v) is 6.49. The van der Waals surface area contributed by atoms with Gasteiger partial charge in [0.05, 0.1) is 19.7 Å². The Labute approximate surface area is 169 Å². The van der Waals surface area contributed by atoms with Crippen LogP contribution in [0.25, 0.3) is 10.9 Å². The molecule has 1 aromatic carbocycles. The first-order valence-electron chi connectivity index (χ1n) is 10.1. The van der Waals surface area contributed by atoms with E-state index in [1.165, 1.54) is 14.2 Å². The fourth-order valence-corrected chi connectivity index (χ4v) is 5.23. The standard InChI is InChI=1S/C22H26N2O5/c1-4-5-11-21-12-10-17(26)24-15-9-7-6-8-14(15)18(19(21)24)22(23-29-3,16(25)13-21)20(27)28-2/h6-9,23H,4-5,10-13H2,1-3H3/t21-,22-/m1/s1. The second-order valence-electron chi connectivity index (χ2n) is 8.00. The number of Topliss-reactive ketones (excluding diaryl/α,β-unsaturated/α-hetero) is 1. The van der Waals surface area contributed by atoms with Gasteiger partial charge in [-0.2, -0.15) is 5.48 Å². The van der Waals surface area contributed by atoms with Crippen molar-refractivity contribution in [1.82, 2.24) is 10.0 Å². The number of carbonyl (C=O) groups excluding carboxylic acids is 3. The third-order valence-electron chi connectivity index (χ3n) is 6.49. The largest absolute Gasteiger partial charge is 0.467 e. The van der Waals surface area contributed by atoms with Gasteiger partial charge in [-0.25, -0.2) is 4.79 Å². The average molecular weight is 398 g/mol. The first-order chi connectivity index (χ1) is 14.0. The summed E-state index contributed by atoms with van der Waals surface area (Å²) in [5, 5.41) is 0.696. The molecule has 2 heterocycles. The second kappa shape index (κ2) is 7.07. The molecular weight excluding hydrogens is 372 g/mol. The van der Waals surface area contributed by atoms with Crippen molar-refractivity contribution in [3.63, 3.8) is 0 Å². The molecule has 7 heteroatoms. The molecular formula is C22H26N2O5. The van der Waals surface area contributed by atoms with Gasteiger partial charge < -0.3 is 9.57 Å². The monoisotopic (exact) mass is 398 g/mol. The van der Waals surface area contributed by atoms with Crippen LogP contribution in [0.4, 0.5) is 0 Å². The Morgan fingerprint density at radius 1 is 1.24 bits per heavy atom. The van der Waals surface area contributed by atoms with E-state index in [-0.39, 0.29) is 18.1 Å². The maximum Gasteiger partial charge on any atom is 0.340 e. The maximum absolute atomic E-state index is 13.6. The summed E-state index contributed by atoms with van der Waals surface area (Å²) in [6, 6.07) is 7.41. The van der Waals surface area contributed by atoms with Gasteiger partial charge in [0.15, 0.2) is 5.78 Å². The van der Waals surface area contributed by atoms with E-state index in [1.807, 2.05) is 24.3 Å². The van der Waals surface area contributed by atoms with Crippen molar-refractivity contribution in [3.8, 4) is 0 Å². The Morgan fingerprint density at radius 2 is 2.00 bits per heavy atom. The number of esters is 1. The first-order valence-corrected chi connectivity index (χ1v) is 10.1. The summed E-state index contributed by atoms with van der Waals surface area (Å²) in [4.78, 5) is 44.8. The molecule has 2 aliphatic rings. The Bertz CT molecular complexity index is 1010. The topological polar surface area (TPSA) is 86.6 Å². The predicted octanol–water partition coefficient (Wildman–Crippen LogP) is 3.00. The van der Waals surface area contributed by atoms with Crippen LogP contribution >= 0.6 is 0 Å². The van der Waals surface area contributed by atoms with Gasteiger partial charge in [-0.15, -0.1) is 0 Å². The Hall–Kier alpha value is -2.51. The highest BCUT2D eigenvalue weighted by atomic mass is 16.6. The minimum absolute atomic E-state index is 0.0138. The molecule has 1 N–H and O–H groups in total. The highest BCUT2D eigenvalue weighted by Crippen LogP contribution is 2.54. The summed E-state index contributed by atoms with van der Waals surface area (Å²) in [5.41, 5.74) is 2.38. The number of hydrogen-bond donors (Lipinski definition) is 1. The summed E-state index contributed by atoms with van der Waals surface area (Å²) in [6.07, 6.45) is 3.85. The van der Waals surface area contributed by atoms with E-state index in [0.29, 0.717) is 29.3 Å². The number of ether oxygens (including phenoxy) is 1. The summed E-state index contributed by atoms with van der Waals surface area (Å²) in [7, 11) is 2.62. The van der Waals surface area contributed by atoms with Gasteiger partial charge in [0, 0.05) is 34.9 Å². The minimum Gasteiger partial charge on any atom is -0.467 e. The number of carbonyl (C=O) groups is 3. The molecule has 4 rings (SSSR count). The molecule has 0 amide bonds. The second-order valence-corrected chi connectivity index (χ2v) is 8.00. The molecule has 1 aliphatic carbocycles. The zero-order chi connectivity index (χ0) is 20.8. The van der Waals surface area contributed by atoms with Gasteiger partial charge in [0.2, 0.25) is 11.4 Å². The van der Waals surface area contributed by atoms with E-state index in [0.717, 1.165) is 25.0 Å². The van der Waals surface area contributed by atoms with Crippen LogP contribution in [0.1, 0.15) is 61.5 Å². The number of rotatable bonds is 6. The average Bonchev–Trinajstić information content (AvgIpc) is 3.09. The number of ketones is 1. The summed E-state index contributed by atoms with van der Waals surface area (Å²) in [6.45, 7) is 2.11. The number of benzene rings is 1. The molecule has 2 aromatic rings. The lowest BCUT2D eigenvalue weighted by molar-refractivity contribution is -0.163. The molecule has 0 bridgehead atoms. The number of methoxy groups -OCH3 is 1. The lowest BCUT2D eigenvalue weighted by atomic mass is 9.61. The molecule has 0 saturated carbocycles. The minimum atomic E-state index is -1.79. The maximum atomic E-state index is 13.6. The van der Waals surface area contributed by atoms with Gasteiger partial charge in [-0.3, -0.25) is 14.2 Å². The number of hydrogen-bond acceptors (Lipinski definition) is 6. The number of nitrogens with zero attached hydrogens (tertiary/aromatic N) is 1. The van der Waals surface area contributed by atoms with E-state index < -0.39 is 16.9 Å². The van der Waals surface area contributed by atoms with Crippen LogP contribution in [0.3, 0.4) is 0 Å². The smallest absolute Gasteiger partial charge is 0.340 e. The van der Waals surface area contributed by atoms with Gasteiger partial charge in [0.1, 0.15) is 0 Å². The zero-order valence-corrected chi connectivity index (χ0v) is 17.0. The molecule has 0 unspecified atom stereocenters. The van der Waals surface area contributed by atoms with E-state index in [4.69, 9.17) is 9.57 Å². The van der Waals surface area contributed by atoms with Crippen molar-refractivity contribution in [2.24, 2.45) is 0 Å². The number of unbranched alkanes of at least 4 members (excludes halogenated alkanes) is 1. The van der Waals surface area contributed by atoms with Crippen molar-refractivity contribution < 1.29 is 24.0 Å². The van der Waals surface area contributed by atoms with Gasteiger partial charge in [0.25, 0.3) is 0 Å². The number of para-hydroxylation sites is 1. The number of fused-ring (bicyclic) bond motifs is 3. The summed E-state index contributed by atoms with van der Waals surface area (Å²) < 4.78 is 6.79. The highest BCUT2D eigenvalue weighted by molar-refractivity contribution is 6.15. The molecule has 0 fully saturated rings. The quantitative estimate of drug-likeness (QED) is 0.457. The zero-order valence-electron chi connectivity index (χ0n) is 17.0. The van der Waals surface area contributed by atoms with Crippen LogP contribution in [0.15, 0.2) is 24.3 Å². The molecule has 29 heavy (non-hydrogen) atoms. The van der Waals surface area contributed by atoms with E-state index in [1.54, 1.807) is 4.57 Å². The van der Waals surface area contributed by atoms with E-state index >= 15 is 0 Å². The SMILES string of the molecule is CCCC[C@]12CCC(=O)n3c1c(c1ccccc13)[C@@](NOC)(C(=O)OC)C(=O)C2. The molecule has 154 valence electrons. The lowest BCUT2D eigenvalue weighted by Gasteiger charge is -2.46. The predicted molar refractivity (Wildman–Crippen MR) is 106 cm³/mol. The van der Waals surface area contributed by atoms with Crippen LogP contribution in [-0.2, 0) is 30.1 Å². The molecule has 2 atom stereocenters. The third kappa shape index (κ3) is 2.53. The Morgan fingerprint density at radius 3 is 2.69 bits per heavy atom. The highest BCUT2D eigenvalue weighted by Gasteiger charge is 2.61. The van der Waals surface area contributed by atoms with Crippen molar-refractivity contribution in [2.45, 2.75) is 56.4 Å². The molecule has 0 spiro atoms.